The van der Waals surface area contributed by atoms with Crippen LogP contribution in [0.4, 0.5) is 17.3 Å². The van der Waals surface area contributed by atoms with Gasteiger partial charge >= 0.3 is 0 Å². The Balaban J connectivity index is 0.000000127. The van der Waals surface area contributed by atoms with Crippen LogP contribution in [0.15, 0.2) is 157 Å². The molecule has 6 aromatic carbocycles. The van der Waals surface area contributed by atoms with Crippen LogP contribution in [-0.4, -0.2) is 40.5 Å². The minimum Gasteiger partial charge on any atom is -0.490 e. The van der Waals surface area contributed by atoms with Gasteiger partial charge in [0.15, 0.2) is 10.9 Å². The van der Waals surface area contributed by atoms with Crippen LogP contribution in [0.25, 0.3) is 43.5 Å². The topological polar surface area (TPSA) is 128 Å². The van der Waals surface area contributed by atoms with Gasteiger partial charge in [-0.1, -0.05) is 91.9 Å². The first kappa shape index (κ1) is 35.4. The first-order valence-corrected chi connectivity index (χ1v) is 19.5. The van der Waals surface area contributed by atoms with Crippen molar-refractivity contribution in [3.05, 3.63) is 154 Å². The van der Waals surface area contributed by atoms with E-state index in [2.05, 4.69) is 5.32 Å². The van der Waals surface area contributed by atoms with Crippen molar-refractivity contribution in [2.75, 3.05) is 42.3 Å². The third-order valence-corrected chi connectivity index (χ3v) is 11.0. The monoisotopic (exact) mass is 752 g/mol. The number of anilines is 3. The average Bonchev–Trinajstić information content (AvgIpc) is 3.23. The molecule has 4 heterocycles. The summed E-state index contributed by atoms with van der Waals surface area (Å²) in [7, 11) is -3.55. The Hall–Kier alpha value is -6.59. The summed E-state index contributed by atoms with van der Waals surface area (Å²) in [6.45, 7) is 4.39. The predicted molar refractivity (Wildman–Crippen MR) is 217 cm³/mol. The molecule has 0 atom stereocenters. The fraction of sp³-hybridized carbons (Fsp3) is 0.136. The van der Waals surface area contributed by atoms with Gasteiger partial charge in [-0.05, 0) is 47.2 Å². The Morgan fingerprint density at radius 3 is 1.89 bits per heavy atom. The van der Waals surface area contributed by atoms with Crippen LogP contribution in [-0.2, 0) is 9.84 Å². The molecule has 1 N–H and O–H groups in total. The summed E-state index contributed by atoms with van der Waals surface area (Å²) in [6.07, 6.45) is 0. The second-order valence-electron chi connectivity index (χ2n) is 12.8. The van der Waals surface area contributed by atoms with Crippen LogP contribution >= 0.6 is 0 Å². The second kappa shape index (κ2) is 15.0. The number of ether oxygens (including phenoxy) is 2. The normalized spacial score (nSPS) is 13.3. The summed E-state index contributed by atoms with van der Waals surface area (Å²) >= 11 is 0. The second-order valence-corrected chi connectivity index (χ2v) is 15.1. The molecule has 0 unspecified atom stereocenters. The zero-order valence-corrected chi connectivity index (χ0v) is 30.7. The van der Waals surface area contributed by atoms with Crippen molar-refractivity contribution in [2.45, 2.75) is 12.0 Å². The van der Waals surface area contributed by atoms with Crippen LogP contribution < -0.4 is 30.5 Å². The van der Waals surface area contributed by atoms with Crippen LogP contribution in [0.1, 0.15) is 6.92 Å². The molecule has 276 valence electrons. The fourth-order valence-electron chi connectivity index (χ4n) is 6.64. The lowest BCUT2D eigenvalue weighted by Crippen LogP contribution is -2.29. The van der Waals surface area contributed by atoms with Gasteiger partial charge in [0.05, 0.1) is 34.4 Å². The van der Waals surface area contributed by atoms with Gasteiger partial charge in [-0.15, -0.1) is 0 Å². The average molecular weight is 753 g/mol. The number of nitrogens with one attached hydrogen (secondary N) is 1. The molecule has 0 bridgehead atoms. The highest BCUT2D eigenvalue weighted by molar-refractivity contribution is 7.91. The molecule has 0 saturated heterocycles. The van der Waals surface area contributed by atoms with Gasteiger partial charge in [0, 0.05) is 29.4 Å². The summed E-state index contributed by atoms with van der Waals surface area (Å²) in [5.41, 5.74) is 2.59. The van der Waals surface area contributed by atoms with Gasteiger partial charge in [0.2, 0.25) is 20.8 Å². The number of benzene rings is 6. The highest BCUT2D eigenvalue weighted by atomic mass is 32.2. The SMILES string of the molecule is CCS(=O)(=O)c1cc(=O)c2ccc3ccccc3c2o1.O=c1cc(N2CCOc3ccccc32)oc2c1ccc1ccccc12.c1ccc2c(c1)NCCO2. The van der Waals surface area contributed by atoms with E-state index in [0.29, 0.717) is 41.0 Å². The molecule has 8 aromatic rings. The summed E-state index contributed by atoms with van der Waals surface area (Å²) in [4.78, 5) is 26.8. The molecule has 2 aliphatic rings. The van der Waals surface area contributed by atoms with Gasteiger partial charge in [-0.25, -0.2) is 8.42 Å². The van der Waals surface area contributed by atoms with Crippen molar-refractivity contribution < 1.29 is 26.7 Å². The number of nitrogens with zero attached hydrogens (tertiary/aromatic N) is 1. The molecule has 55 heavy (non-hydrogen) atoms. The Labute approximate surface area is 316 Å². The lowest BCUT2D eigenvalue weighted by atomic mass is 10.1. The van der Waals surface area contributed by atoms with Gasteiger partial charge in [-0.2, -0.15) is 0 Å². The number of fused-ring (bicyclic) bond motifs is 8. The first-order chi connectivity index (χ1) is 26.8. The fourth-order valence-corrected chi connectivity index (χ4v) is 7.43. The van der Waals surface area contributed by atoms with Crippen LogP contribution in [0.3, 0.4) is 0 Å². The first-order valence-electron chi connectivity index (χ1n) is 17.9. The van der Waals surface area contributed by atoms with E-state index in [-0.39, 0.29) is 21.7 Å². The van der Waals surface area contributed by atoms with Crippen LogP contribution in [0, 0.1) is 0 Å². The van der Waals surface area contributed by atoms with Gasteiger partial charge in [-0.3, -0.25) is 9.59 Å². The highest BCUT2D eigenvalue weighted by Crippen LogP contribution is 2.37. The van der Waals surface area contributed by atoms with E-state index in [9.17, 15) is 18.0 Å². The Morgan fingerprint density at radius 1 is 0.618 bits per heavy atom. The van der Waals surface area contributed by atoms with E-state index in [1.165, 1.54) is 6.92 Å². The zero-order chi connectivity index (χ0) is 37.9. The van der Waals surface area contributed by atoms with Crippen LogP contribution in [0.5, 0.6) is 11.5 Å². The number of hydrogen-bond donors (Lipinski definition) is 1. The minimum absolute atomic E-state index is 0.0361. The molecular formula is C44H36N2O8S. The molecule has 2 aliphatic heterocycles. The van der Waals surface area contributed by atoms with Gasteiger partial charge < -0.3 is 28.5 Å². The van der Waals surface area contributed by atoms with E-state index < -0.39 is 9.84 Å². The highest BCUT2D eigenvalue weighted by Gasteiger charge is 2.22. The van der Waals surface area contributed by atoms with E-state index in [4.69, 9.17) is 18.3 Å². The van der Waals surface area contributed by atoms with Gasteiger partial charge in [0.1, 0.15) is 35.9 Å². The molecule has 10 nitrogen and oxygen atoms in total. The van der Waals surface area contributed by atoms with Crippen molar-refractivity contribution in [3.63, 3.8) is 0 Å². The molecule has 10 rings (SSSR count). The Kier molecular flexibility index (Phi) is 9.69. The Morgan fingerprint density at radius 2 is 1.20 bits per heavy atom. The maximum atomic E-state index is 12.7. The molecular weight excluding hydrogens is 717 g/mol. The number of rotatable bonds is 3. The van der Waals surface area contributed by atoms with Crippen molar-refractivity contribution in [2.24, 2.45) is 0 Å². The van der Waals surface area contributed by atoms with Crippen LogP contribution in [0.2, 0.25) is 0 Å². The summed E-state index contributed by atoms with van der Waals surface area (Å²) < 4.78 is 46.6. The third-order valence-electron chi connectivity index (χ3n) is 9.45. The lowest BCUT2D eigenvalue weighted by Gasteiger charge is -2.29. The van der Waals surface area contributed by atoms with E-state index in [1.807, 2.05) is 120 Å². The standard InChI is InChI=1S/C21H15NO3.C15H12O4S.C8H9NO/c23-18-13-20(22-11-12-24-19-8-4-3-7-17(19)22)25-21-15-6-2-1-5-14(15)9-10-16(18)21;1-2-20(17,18)14-9-13(16)12-8-7-10-5-3-4-6-11(10)15(12)19-14;1-2-4-8-7(3-1)9-5-6-10-8/h1-10,13H,11-12H2;3-9H,2H2,1H3;1-4,9H,5-6H2. The maximum Gasteiger partial charge on any atom is 0.222 e. The minimum atomic E-state index is -3.55. The number of para-hydroxylation sites is 4. The number of sulfone groups is 1. The molecule has 0 amide bonds. The van der Waals surface area contributed by atoms with Crippen molar-refractivity contribution in [1.29, 1.82) is 0 Å². The van der Waals surface area contributed by atoms with Crippen molar-refractivity contribution in [3.8, 4) is 11.5 Å². The summed E-state index contributed by atoms with van der Waals surface area (Å²) in [6, 6.07) is 41.0. The summed E-state index contributed by atoms with van der Waals surface area (Å²) in [5, 5.41) is 7.58. The predicted octanol–water partition coefficient (Wildman–Crippen LogP) is 8.71. The van der Waals surface area contributed by atoms with Crippen molar-refractivity contribution in [1.82, 2.24) is 0 Å². The van der Waals surface area contributed by atoms with E-state index >= 15 is 0 Å². The molecule has 0 saturated carbocycles. The Bertz CT molecular complexity index is 2910. The zero-order valence-electron chi connectivity index (χ0n) is 29.9. The van der Waals surface area contributed by atoms with Crippen molar-refractivity contribution >= 4 is 70.6 Å². The quantitative estimate of drug-likeness (QED) is 0.175. The number of hydrogen-bond acceptors (Lipinski definition) is 10. The molecule has 2 aromatic heterocycles. The molecule has 0 radical (unpaired) electrons. The molecule has 0 aliphatic carbocycles. The molecule has 0 spiro atoms. The third kappa shape index (κ3) is 7.09. The largest absolute Gasteiger partial charge is 0.490 e. The smallest absolute Gasteiger partial charge is 0.222 e. The van der Waals surface area contributed by atoms with Gasteiger partial charge in [0.25, 0.3) is 0 Å². The molecule has 0 fully saturated rings. The summed E-state index contributed by atoms with van der Waals surface area (Å²) in [5.74, 6) is 2.21. The van der Waals surface area contributed by atoms with E-state index in [1.54, 1.807) is 12.1 Å². The lowest BCUT2D eigenvalue weighted by molar-refractivity contribution is 0.311. The maximum absolute atomic E-state index is 12.7. The molecule has 11 heteroatoms. The van der Waals surface area contributed by atoms with E-state index in [0.717, 1.165) is 63.6 Å².